The van der Waals surface area contributed by atoms with Crippen LogP contribution in [0.2, 0.25) is 5.02 Å². The second-order valence-electron chi connectivity index (χ2n) is 5.13. The molecule has 0 saturated carbocycles. The number of hydrogen-bond acceptors (Lipinski definition) is 5. The van der Waals surface area contributed by atoms with E-state index in [1.807, 2.05) is 0 Å². The number of benzene rings is 1. The number of fused-ring (bicyclic) bond motifs is 1. The van der Waals surface area contributed by atoms with Gasteiger partial charge in [0, 0.05) is 0 Å². The predicted octanol–water partition coefficient (Wildman–Crippen LogP) is 0.605. The Morgan fingerprint density at radius 2 is 2.05 bits per heavy atom. The molecule has 0 spiro atoms. The summed E-state index contributed by atoms with van der Waals surface area (Å²) in [5.74, 6) is -0.922. The molecular formula is C14H16ClNO6. The lowest BCUT2D eigenvalue weighted by Crippen LogP contribution is -2.46. The van der Waals surface area contributed by atoms with Crippen molar-refractivity contribution in [3.05, 3.63) is 22.7 Å². The lowest BCUT2D eigenvalue weighted by molar-refractivity contribution is -0.156. The molecule has 1 atom stereocenters. The molecule has 7 nitrogen and oxygen atoms in total. The Morgan fingerprint density at radius 3 is 2.73 bits per heavy atom. The van der Waals surface area contributed by atoms with E-state index in [1.54, 1.807) is 12.1 Å². The zero-order valence-corrected chi connectivity index (χ0v) is 12.6. The first-order valence-electron chi connectivity index (χ1n) is 6.60. The van der Waals surface area contributed by atoms with Gasteiger partial charge in [-0.15, -0.1) is 0 Å². The third-order valence-corrected chi connectivity index (χ3v) is 3.39. The summed E-state index contributed by atoms with van der Waals surface area (Å²) >= 11 is 6.07. The number of amides is 1. The van der Waals surface area contributed by atoms with Crippen LogP contribution in [0.25, 0.3) is 0 Å². The minimum Gasteiger partial charge on any atom is -0.486 e. The summed E-state index contributed by atoms with van der Waals surface area (Å²) in [5, 5.41) is 21.0. The summed E-state index contributed by atoms with van der Waals surface area (Å²) in [4.78, 5) is 22.6. The summed E-state index contributed by atoms with van der Waals surface area (Å²) in [7, 11) is 0. The van der Waals surface area contributed by atoms with E-state index in [9.17, 15) is 14.7 Å². The van der Waals surface area contributed by atoms with Crippen molar-refractivity contribution in [3.63, 3.8) is 0 Å². The van der Waals surface area contributed by atoms with Crippen LogP contribution in [0.4, 0.5) is 0 Å². The SMILES string of the molecule is CC(O)(CNC(=O)Cc1cc(Cl)c2c(c1)OCCO2)C(=O)O. The predicted molar refractivity (Wildman–Crippen MR) is 77.4 cm³/mol. The molecule has 1 unspecified atom stereocenters. The van der Waals surface area contributed by atoms with E-state index in [-0.39, 0.29) is 13.0 Å². The molecule has 0 fully saturated rings. The number of carboxylic acid groups (broad SMARTS) is 1. The molecule has 0 aromatic heterocycles. The van der Waals surface area contributed by atoms with Gasteiger partial charge in [0.2, 0.25) is 5.91 Å². The molecule has 22 heavy (non-hydrogen) atoms. The average molecular weight is 330 g/mol. The van der Waals surface area contributed by atoms with E-state index in [0.717, 1.165) is 6.92 Å². The molecule has 1 aromatic rings. The Morgan fingerprint density at radius 1 is 1.36 bits per heavy atom. The number of nitrogens with one attached hydrogen (secondary N) is 1. The molecule has 3 N–H and O–H groups in total. The summed E-state index contributed by atoms with van der Waals surface area (Å²) in [6.07, 6.45) is -0.0218. The van der Waals surface area contributed by atoms with Crippen LogP contribution in [-0.4, -0.2) is 47.4 Å². The number of rotatable bonds is 5. The number of carbonyl (C=O) groups excluding carboxylic acids is 1. The Bertz CT molecular complexity index is 601. The van der Waals surface area contributed by atoms with Crippen LogP contribution in [0, 0.1) is 0 Å². The van der Waals surface area contributed by atoms with Crippen molar-refractivity contribution >= 4 is 23.5 Å². The standard InChI is InChI=1S/C14H16ClNO6/c1-14(20,13(18)19)7-16-11(17)6-8-4-9(15)12-10(5-8)21-2-3-22-12/h4-5,20H,2-3,6-7H2,1H3,(H,16,17)(H,18,19). The van der Waals surface area contributed by atoms with Crippen molar-refractivity contribution in [2.24, 2.45) is 0 Å². The molecule has 1 amide bonds. The molecule has 2 rings (SSSR count). The molecule has 0 bridgehead atoms. The molecule has 1 aromatic carbocycles. The third-order valence-electron chi connectivity index (χ3n) is 3.11. The fourth-order valence-electron chi connectivity index (χ4n) is 1.86. The Labute approximate surface area is 131 Å². The highest BCUT2D eigenvalue weighted by atomic mass is 35.5. The van der Waals surface area contributed by atoms with Gasteiger partial charge < -0.3 is 25.0 Å². The van der Waals surface area contributed by atoms with Crippen LogP contribution in [0.5, 0.6) is 11.5 Å². The monoisotopic (exact) mass is 329 g/mol. The maximum absolute atomic E-state index is 11.8. The van der Waals surface area contributed by atoms with E-state index < -0.39 is 17.5 Å². The number of halogens is 1. The van der Waals surface area contributed by atoms with Gasteiger partial charge in [0.25, 0.3) is 0 Å². The summed E-state index contributed by atoms with van der Waals surface area (Å²) < 4.78 is 10.8. The molecule has 0 aliphatic carbocycles. The molecule has 1 aliphatic rings. The molecule has 0 saturated heterocycles. The number of carboxylic acids is 1. The van der Waals surface area contributed by atoms with Crippen LogP contribution in [-0.2, 0) is 16.0 Å². The van der Waals surface area contributed by atoms with Crippen LogP contribution >= 0.6 is 11.6 Å². The van der Waals surface area contributed by atoms with Gasteiger partial charge in [-0.2, -0.15) is 0 Å². The summed E-state index contributed by atoms with van der Waals surface area (Å²) in [5.41, 5.74) is -1.41. The number of aliphatic carboxylic acids is 1. The molecule has 1 aliphatic heterocycles. The Hall–Kier alpha value is -1.99. The van der Waals surface area contributed by atoms with E-state index >= 15 is 0 Å². The fourth-order valence-corrected chi connectivity index (χ4v) is 2.15. The molecule has 1 heterocycles. The van der Waals surface area contributed by atoms with Gasteiger partial charge in [0.05, 0.1) is 18.0 Å². The number of carbonyl (C=O) groups is 2. The zero-order chi connectivity index (χ0) is 16.3. The smallest absolute Gasteiger partial charge is 0.337 e. The zero-order valence-electron chi connectivity index (χ0n) is 11.9. The second kappa shape index (κ2) is 6.41. The number of ether oxygens (including phenoxy) is 2. The van der Waals surface area contributed by atoms with E-state index in [1.165, 1.54) is 0 Å². The van der Waals surface area contributed by atoms with Crippen molar-refractivity contribution < 1.29 is 29.3 Å². The summed E-state index contributed by atoms with van der Waals surface area (Å²) in [6, 6.07) is 3.24. The lowest BCUT2D eigenvalue weighted by atomic mass is 10.1. The fraction of sp³-hybridized carbons (Fsp3) is 0.429. The molecule has 120 valence electrons. The second-order valence-corrected chi connectivity index (χ2v) is 5.54. The Kier molecular flexibility index (Phi) is 4.77. The minimum atomic E-state index is -2.01. The van der Waals surface area contributed by atoms with Gasteiger partial charge >= 0.3 is 5.97 Å². The highest BCUT2D eigenvalue weighted by Gasteiger charge is 2.30. The van der Waals surface area contributed by atoms with Crippen molar-refractivity contribution in [1.82, 2.24) is 5.32 Å². The highest BCUT2D eigenvalue weighted by molar-refractivity contribution is 6.32. The van der Waals surface area contributed by atoms with Crippen LogP contribution in [0.15, 0.2) is 12.1 Å². The topological polar surface area (TPSA) is 105 Å². The highest BCUT2D eigenvalue weighted by Crippen LogP contribution is 2.38. The van der Waals surface area contributed by atoms with Crippen LogP contribution in [0.1, 0.15) is 12.5 Å². The van der Waals surface area contributed by atoms with Crippen molar-refractivity contribution in [2.75, 3.05) is 19.8 Å². The quantitative estimate of drug-likeness (QED) is 0.731. The maximum atomic E-state index is 11.8. The number of aliphatic hydroxyl groups is 1. The largest absolute Gasteiger partial charge is 0.486 e. The normalized spacial score (nSPS) is 15.8. The van der Waals surface area contributed by atoms with Crippen molar-refractivity contribution in [3.8, 4) is 11.5 Å². The van der Waals surface area contributed by atoms with E-state index in [4.69, 9.17) is 26.2 Å². The Balaban J connectivity index is 2.00. The van der Waals surface area contributed by atoms with Gasteiger partial charge in [-0.05, 0) is 24.6 Å². The number of hydrogen-bond donors (Lipinski definition) is 3. The van der Waals surface area contributed by atoms with Gasteiger partial charge in [-0.25, -0.2) is 4.79 Å². The third kappa shape index (κ3) is 3.80. The molecular weight excluding hydrogens is 314 g/mol. The van der Waals surface area contributed by atoms with Crippen molar-refractivity contribution in [2.45, 2.75) is 18.9 Å². The molecule has 0 radical (unpaired) electrons. The average Bonchev–Trinajstić information content (AvgIpc) is 2.45. The lowest BCUT2D eigenvalue weighted by Gasteiger charge is -2.20. The maximum Gasteiger partial charge on any atom is 0.337 e. The first-order chi connectivity index (χ1) is 10.3. The van der Waals surface area contributed by atoms with Crippen molar-refractivity contribution in [1.29, 1.82) is 0 Å². The first kappa shape index (κ1) is 16.4. The van der Waals surface area contributed by atoms with Crippen LogP contribution in [0.3, 0.4) is 0 Å². The van der Waals surface area contributed by atoms with Crippen LogP contribution < -0.4 is 14.8 Å². The summed E-state index contributed by atoms with van der Waals surface area (Å²) in [6.45, 7) is 1.54. The minimum absolute atomic E-state index is 0.0218. The van der Waals surface area contributed by atoms with Gasteiger partial charge in [-0.1, -0.05) is 11.6 Å². The molecule has 8 heteroatoms. The van der Waals surface area contributed by atoms with E-state index in [2.05, 4.69) is 5.32 Å². The van der Waals surface area contributed by atoms with Gasteiger partial charge in [-0.3, -0.25) is 4.79 Å². The van der Waals surface area contributed by atoms with Gasteiger partial charge in [0.1, 0.15) is 13.2 Å². The van der Waals surface area contributed by atoms with E-state index in [0.29, 0.717) is 35.3 Å². The van der Waals surface area contributed by atoms with Gasteiger partial charge in [0.15, 0.2) is 17.1 Å². The first-order valence-corrected chi connectivity index (χ1v) is 6.98.